The second kappa shape index (κ2) is 4.36. The van der Waals surface area contributed by atoms with Crippen molar-refractivity contribution in [3.63, 3.8) is 0 Å². The summed E-state index contributed by atoms with van der Waals surface area (Å²) in [6, 6.07) is 0. The Kier molecular flexibility index (Phi) is 3.30. The average molecular weight is 253 g/mol. The molecule has 0 amide bonds. The van der Waals surface area contributed by atoms with Crippen LogP contribution in [0.2, 0.25) is 0 Å². The molecule has 0 aliphatic rings. The fraction of sp³-hybridized carbons (Fsp3) is 0.125. The highest BCUT2D eigenvalue weighted by Crippen LogP contribution is 2.29. The van der Waals surface area contributed by atoms with Gasteiger partial charge in [0.05, 0.1) is 11.3 Å². The number of aliphatic carboxylic acids is 1. The fourth-order valence-corrected chi connectivity index (χ4v) is 1.13. The van der Waals surface area contributed by atoms with Gasteiger partial charge in [-0.15, -0.1) is 0 Å². The van der Waals surface area contributed by atoms with Crippen molar-refractivity contribution >= 4 is 11.7 Å². The smallest absolute Gasteiger partial charge is 0.346 e. The number of nitro groups is 1. The molecular formula is C8H3F4NO4. The number of hydrogen-bond acceptors (Lipinski definition) is 3. The summed E-state index contributed by atoms with van der Waals surface area (Å²) >= 11 is 0. The van der Waals surface area contributed by atoms with Gasteiger partial charge in [0.2, 0.25) is 11.6 Å². The van der Waals surface area contributed by atoms with Crippen LogP contribution in [0.1, 0.15) is 5.56 Å². The van der Waals surface area contributed by atoms with Crippen molar-refractivity contribution in [2.24, 2.45) is 0 Å². The van der Waals surface area contributed by atoms with Crippen molar-refractivity contribution in [1.29, 1.82) is 0 Å². The molecule has 0 radical (unpaired) electrons. The van der Waals surface area contributed by atoms with Crippen molar-refractivity contribution in [2.75, 3.05) is 0 Å². The molecule has 0 saturated heterocycles. The summed E-state index contributed by atoms with van der Waals surface area (Å²) < 4.78 is 52.1. The number of hydrogen-bond donors (Lipinski definition) is 1. The van der Waals surface area contributed by atoms with E-state index < -0.39 is 51.8 Å². The van der Waals surface area contributed by atoms with Gasteiger partial charge in [-0.2, -0.15) is 8.78 Å². The van der Waals surface area contributed by atoms with Gasteiger partial charge in [-0.3, -0.25) is 14.9 Å². The zero-order valence-electron chi connectivity index (χ0n) is 7.84. The van der Waals surface area contributed by atoms with Crippen LogP contribution in [0, 0.1) is 33.4 Å². The Hall–Kier alpha value is -2.19. The van der Waals surface area contributed by atoms with Gasteiger partial charge in [0, 0.05) is 5.56 Å². The first-order valence-electron chi connectivity index (χ1n) is 3.98. The lowest BCUT2D eigenvalue weighted by atomic mass is 10.1. The van der Waals surface area contributed by atoms with Crippen LogP contribution in [0.4, 0.5) is 23.2 Å². The van der Waals surface area contributed by atoms with Gasteiger partial charge in [-0.25, -0.2) is 8.78 Å². The summed E-state index contributed by atoms with van der Waals surface area (Å²) in [6.07, 6.45) is -1.33. The molecule has 0 unspecified atom stereocenters. The Morgan fingerprint density at radius 3 is 1.82 bits per heavy atom. The Morgan fingerprint density at radius 2 is 1.53 bits per heavy atom. The summed E-state index contributed by atoms with van der Waals surface area (Å²) in [5.74, 6) is -10.4. The van der Waals surface area contributed by atoms with Crippen LogP contribution in [0.25, 0.3) is 0 Å². The van der Waals surface area contributed by atoms with Crippen LogP contribution >= 0.6 is 0 Å². The third kappa shape index (κ3) is 2.17. The van der Waals surface area contributed by atoms with Crippen LogP contribution in [0.15, 0.2) is 0 Å². The molecule has 0 aromatic heterocycles. The molecule has 0 aliphatic heterocycles. The Morgan fingerprint density at radius 1 is 1.12 bits per heavy atom. The molecule has 9 heteroatoms. The molecule has 0 bridgehead atoms. The predicted molar refractivity (Wildman–Crippen MR) is 44.3 cm³/mol. The lowest BCUT2D eigenvalue weighted by molar-refractivity contribution is -0.390. The molecule has 0 heterocycles. The minimum atomic E-state index is -2.23. The summed E-state index contributed by atoms with van der Waals surface area (Å²) in [5.41, 5.74) is -3.40. The van der Waals surface area contributed by atoms with Gasteiger partial charge in [0.1, 0.15) is 0 Å². The normalized spacial score (nSPS) is 10.4. The predicted octanol–water partition coefficient (Wildman–Crippen LogP) is 1.78. The number of carboxylic acids is 1. The highest BCUT2D eigenvalue weighted by molar-refractivity contribution is 5.70. The van der Waals surface area contributed by atoms with E-state index in [2.05, 4.69) is 0 Å². The van der Waals surface area contributed by atoms with Crippen molar-refractivity contribution in [3.05, 3.63) is 38.9 Å². The van der Waals surface area contributed by atoms with E-state index in [0.29, 0.717) is 0 Å². The third-order valence-electron chi connectivity index (χ3n) is 1.84. The van der Waals surface area contributed by atoms with Crippen LogP contribution in [0.5, 0.6) is 0 Å². The van der Waals surface area contributed by atoms with Gasteiger partial charge in [0.25, 0.3) is 0 Å². The second-order valence-corrected chi connectivity index (χ2v) is 2.91. The second-order valence-electron chi connectivity index (χ2n) is 2.91. The number of halogens is 4. The van der Waals surface area contributed by atoms with Crippen LogP contribution < -0.4 is 0 Å². The first-order chi connectivity index (χ1) is 7.77. The van der Waals surface area contributed by atoms with Crippen LogP contribution in [-0.4, -0.2) is 16.0 Å². The Labute approximate surface area is 90.4 Å². The van der Waals surface area contributed by atoms with Gasteiger partial charge in [0.15, 0.2) is 11.6 Å². The van der Waals surface area contributed by atoms with Gasteiger partial charge in [-0.05, 0) is 0 Å². The Bertz CT molecular complexity index is 488. The molecule has 0 fully saturated rings. The SMILES string of the molecule is O=C(O)Cc1c(F)c(F)c([N+](=O)[O-])c(F)c1F. The Balaban J connectivity index is 3.58. The monoisotopic (exact) mass is 253 g/mol. The molecule has 1 rings (SSSR count). The van der Waals surface area contributed by atoms with Crippen LogP contribution in [0.3, 0.4) is 0 Å². The summed E-state index contributed by atoms with van der Waals surface area (Å²) in [4.78, 5) is 18.7. The van der Waals surface area contributed by atoms with Crippen molar-refractivity contribution in [3.8, 4) is 0 Å². The number of nitrogens with zero attached hydrogens (tertiary/aromatic N) is 1. The lowest BCUT2D eigenvalue weighted by Gasteiger charge is -2.05. The van der Waals surface area contributed by atoms with Crippen molar-refractivity contribution in [2.45, 2.75) is 6.42 Å². The van der Waals surface area contributed by atoms with E-state index in [4.69, 9.17) is 5.11 Å². The average Bonchev–Trinajstić information content (AvgIpc) is 2.21. The maximum Gasteiger partial charge on any atom is 0.346 e. The van der Waals surface area contributed by atoms with E-state index in [-0.39, 0.29) is 0 Å². The topological polar surface area (TPSA) is 80.4 Å². The lowest BCUT2D eigenvalue weighted by Crippen LogP contribution is -2.11. The van der Waals surface area contributed by atoms with E-state index in [9.17, 15) is 32.5 Å². The first kappa shape index (κ1) is 12.9. The molecule has 5 nitrogen and oxygen atoms in total. The van der Waals surface area contributed by atoms with E-state index >= 15 is 0 Å². The molecular weight excluding hydrogens is 250 g/mol. The molecule has 0 atom stereocenters. The summed E-state index contributed by atoms with van der Waals surface area (Å²) in [7, 11) is 0. The summed E-state index contributed by atoms with van der Waals surface area (Å²) in [5, 5.41) is 18.4. The minimum absolute atomic E-state index is 1.33. The maximum absolute atomic E-state index is 13.1. The molecule has 0 saturated carbocycles. The highest BCUT2D eigenvalue weighted by Gasteiger charge is 2.33. The van der Waals surface area contributed by atoms with Crippen LogP contribution in [-0.2, 0) is 11.2 Å². The molecule has 0 spiro atoms. The number of benzene rings is 1. The molecule has 1 aromatic carbocycles. The largest absolute Gasteiger partial charge is 0.481 e. The number of nitro benzene ring substituents is 1. The van der Waals surface area contributed by atoms with E-state index in [1.165, 1.54) is 0 Å². The standard InChI is InChI=1S/C8H3F4NO4/c9-4-2(1-3(14)15)5(10)7(12)8(6(4)11)13(16)17/h1H2,(H,14,15). The molecule has 0 aliphatic carbocycles. The number of carboxylic acid groups (broad SMARTS) is 1. The first-order valence-corrected chi connectivity index (χ1v) is 3.98. The van der Waals surface area contributed by atoms with Crippen molar-refractivity contribution in [1.82, 2.24) is 0 Å². The highest BCUT2D eigenvalue weighted by atomic mass is 19.2. The van der Waals surface area contributed by atoms with E-state index in [0.717, 1.165) is 0 Å². The molecule has 1 N–H and O–H groups in total. The molecule has 17 heavy (non-hydrogen) atoms. The fourth-order valence-electron chi connectivity index (χ4n) is 1.13. The molecule has 1 aromatic rings. The number of rotatable bonds is 3. The maximum atomic E-state index is 13.1. The zero-order valence-corrected chi connectivity index (χ0v) is 7.84. The van der Waals surface area contributed by atoms with E-state index in [1.54, 1.807) is 0 Å². The van der Waals surface area contributed by atoms with Gasteiger partial charge in [-0.1, -0.05) is 0 Å². The zero-order chi connectivity index (χ0) is 13.3. The van der Waals surface area contributed by atoms with Crippen molar-refractivity contribution < 1.29 is 32.4 Å². The quantitative estimate of drug-likeness (QED) is 0.385. The van der Waals surface area contributed by atoms with Gasteiger partial charge < -0.3 is 5.11 Å². The number of carbonyl (C=O) groups is 1. The minimum Gasteiger partial charge on any atom is -0.481 e. The molecule has 92 valence electrons. The summed E-state index contributed by atoms with van der Waals surface area (Å²) in [6.45, 7) is 0. The third-order valence-corrected chi connectivity index (χ3v) is 1.84. The van der Waals surface area contributed by atoms with E-state index in [1.807, 2.05) is 0 Å². The van der Waals surface area contributed by atoms with Gasteiger partial charge >= 0.3 is 11.7 Å².